The van der Waals surface area contributed by atoms with Gasteiger partial charge in [0, 0.05) is 5.88 Å². The van der Waals surface area contributed by atoms with Gasteiger partial charge in [0.05, 0.1) is 6.42 Å². The summed E-state index contributed by atoms with van der Waals surface area (Å²) in [4.78, 5) is 29.5. The van der Waals surface area contributed by atoms with Gasteiger partial charge in [-0.2, -0.15) is 0 Å². The summed E-state index contributed by atoms with van der Waals surface area (Å²) in [6.45, 7) is 0. The lowest BCUT2D eigenvalue weighted by Crippen LogP contribution is -2.11. The average molecular weight is 243 g/mol. The zero-order valence-electron chi connectivity index (χ0n) is 7.63. The maximum Gasteiger partial charge on any atom is 0.370 e. The lowest BCUT2D eigenvalue weighted by Gasteiger charge is -2.00. The average Bonchev–Trinajstić information content (AvgIpc) is 2.21. The van der Waals surface area contributed by atoms with Gasteiger partial charge in [-0.05, 0) is 12.8 Å². The molecule has 0 rings (SSSR count). The van der Waals surface area contributed by atoms with Gasteiger partial charge in [0.15, 0.2) is 0 Å². The second-order valence-electron chi connectivity index (χ2n) is 2.54. The van der Waals surface area contributed by atoms with Gasteiger partial charge in [0.25, 0.3) is 0 Å². The Bertz CT molecular complexity index is 184. The van der Waals surface area contributed by atoms with Crippen molar-refractivity contribution in [3.05, 3.63) is 0 Å². The molecule has 0 aromatic carbocycles. The summed E-state index contributed by atoms with van der Waals surface area (Å²) in [7, 11) is 0. The number of rotatable bonds is 6. The predicted molar refractivity (Wildman–Crippen MR) is 52.1 cm³/mol. The van der Waals surface area contributed by atoms with Crippen molar-refractivity contribution >= 4 is 35.1 Å². The first kappa shape index (κ1) is 13.5. The fourth-order valence-corrected chi connectivity index (χ4v) is 0.931. The summed E-state index contributed by atoms with van der Waals surface area (Å²) in [6, 6.07) is 0. The van der Waals surface area contributed by atoms with Crippen LogP contribution in [0.3, 0.4) is 0 Å². The molecule has 0 heterocycles. The van der Waals surface area contributed by atoms with Crippen LogP contribution in [0.5, 0.6) is 0 Å². The highest BCUT2D eigenvalue weighted by atomic mass is 35.5. The highest BCUT2D eigenvalue weighted by Gasteiger charge is 2.07. The second kappa shape index (κ2) is 9.09. The number of unbranched alkanes of at least 4 members (excludes halogenated alkanes) is 2. The van der Waals surface area contributed by atoms with Crippen LogP contribution in [0.25, 0.3) is 0 Å². The SMILES string of the molecule is O=C(CCl)OOC(=O)CCCCCCl. The highest BCUT2D eigenvalue weighted by molar-refractivity contribution is 6.26. The lowest BCUT2D eigenvalue weighted by atomic mass is 10.2. The number of carbonyl (C=O) groups excluding carboxylic acids is 2. The Labute approximate surface area is 92.4 Å². The molecule has 0 aliphatic heterocycles. The van der Waals surface area contributed by atoms with E-state index in [9.17, 15) is 9.59 Å². The Balaban J connectivity index is 3.32. The van der Waals surface area contributed by atoms with Gasteiger partial charge >= 0.3 is 11.9 Å². The molecule has 0 unspecified atom stereocenters. The third kappa shape index (κ3) is 8.13. The van der Waals surface area contributed by atoms with Crippen molar-refractivity contribution in [1.82, 2.24) is 0 Å². The molecule has 0 radical (unpaired) electrons. The predicted octanol–water partition coefficient (Wildman–Crippen LogP) is 2.03. The van der Waals surface area contributed by atoms with Crippen molar-refractivity contribution in [2.45, 2.75) is 25.7 Å². The fourth-order valence-electron chi connectivity index (χ4n) is 0.697. The van der Waals surface area contributed by atoms with E-state index in [-0.39, 0.29) is 12.3 Å². The Kier molecular flexibility index (Phi) is 8.78. The zero-order chi connectivity index (χ0) is 10.8. The van der Waals surface area contributed by atoms with E-state index in [0.29, 0.717) is 12.3 Å². The number of alkyl halides is 2. The molecule has 6 heteroatoms. The third-order valence-corrected chi connectivity index (χ3v) is 1.84. The van der Waals surface area contributed by atoms with Crippen LogP contribution in [0.2, 0.25) is 0 Å². The molecule has 0 fully saturated rings. The van der Waals surface area contributed by atoms with E-state index < -0.39 is 11.9 Å². The van der Waals surface area contributed by atoms with Gasteiger partial charge < -0.3 is 0 Å². The van der Waals surface area contributed by atoms with Gasteiger partial charge in [0.2, 0.25) is 0 Å². The lowest BCUT2D eigenvalue weighted by molar-refractivity contribution is -0.257. The van der Waals surface area contributed by atoms with Gasteiger partial charge in [0.1, 0.15) is 5.88 Å². The van der Waals surface area contributed by atoms with Gasteiger partial charge in [-0.3, -0.25) is 0 Å². The highest BCUT2D eigenvalue weighted by Crippen LogP contribution is 2.02. The standard InChI is InChI=1S/C8H12Cl2O4/c9-5-3-1-2-4-7(11)13-14-8(12)6-10/h1-6H2. The topological polar surface area (TPSA) is 52.6 Å². The van der Waals surface area contributed by atoms with E-state index in [4.69, 9.17) is 23.2 Å². The molecule has 0 aromatic heterocycles. The van der Waals surface area contributed by atoms with Gasteiger partial charge in [-0.15, -0.1) is 23.2 Å². The molecule has 0 atom stereocenters. The molecule has 14 heavy (non-hydrogen) atoms. The molecule has 0 bridgehead atoms. The summed E-state index contributed by atoms with van der Waals surface area (Å²) in [6.07, 6.45) is 2.59. The maximum absolute atomic E-state index is 10.9. The molecular formula is C8H12Cl2O4. The van der Waals surface area contributed by atoms with Crippen LogP contribution in [0.15, 0.2) is 0 Å². The van der Waals surface area contributed by atoms with E-state index >= 15 is 0 Å². The van der Waals surface area contributed by atoms with Gasteiger partial charge in [-0.25, -0.2) is 19.4 Å². The molecule has 0 saturated heterocycles. The van der Waals surface area contributed by atoms with Crippen LogP contribution in [-0.4, -0.2) is 23.7 Å². The van der Waals surface area contributed by atoms with Crippen molar-refractivity contribution in [1.29, 1.82) is 0 Å². The smallest absolute Gasteiger partial charge is 0.247 e. The summed E-state index contributed by atoms with van der Waals surface area (Å²) < 4.78 is 0. The number of carbonyl (C=O) groups is 2. The summed E-state index contributed by atoms with van der Waals surface area (Å²) >= 11 is 10.5. The number of hydrogen-bond donors (Lipinski definition) is 0. The van der Waals surface area contributed by atoms with Crippen molar-refractivity contribution in [3.8, 4) is 0 Å². The molecule has 0 aliphatic rings. The van der Waals surface area contributed by atoms with Crippen LogP contribution in [0, 0.1) is 0 Å². The van der Waals surface area contributed by atoms with E-state index in [2.05, 4.69) is 9.78 Å². The first-order valence-electron chi connectivity index (χ1n) is 4.22. The van der Waals surface area contributed by atoms with Crippen molar-refractivity contribution < 1.29 is 19.4 Å². The van der Waals surface area contributed by atoms with Crippen LogP contribution < -0.4 is 0 Å². The summed E-state index contributed by atoms with van der Waals surface area (Å²) in [5.41, 5.74) is 0. The van der Waals surface area contributed by atoms with E-state index in [1.807, 2.05) is 0 Å². The molecule has 0 saturated carbocycles. The summed E-state index contributed by atoms with van der Waals surface area (Å²) in [5.74, 6) is -1.10. The quantitative estimate of drug-likeness (QED) is 0.310. The van der Waals surface area contributed by atoms with Crippen molar-refractivity contribution in [2.75, 3.05) is 11.8 Å². The Hall–Kier alpha value is -0.480. The van der Waals surface area contributed by atoms with Crippen molar-refractivity contribution in [3.63, 3.8) is 0 Å². The summed E-state index contributed by atoms with van der Waals surface area (Å²) in [5, 5.41) is 0. The maximum atomic E-state index is 10.9. The second-order valence-corrected chi connectivity index (χ2v) is 3.19. The molecule has 0 amide bonds. The minimum atomic E-state index is -0.777. The molecule has 82 valence electrons. The molecule has 0 aromatic rings. The number of halogens is 2. The Morgan fingerprint density at radius 1 is 0.929 bits per heavy atom. The van der Waals surface area contributed by atoms with Crippen LogP contribution in [0.1, 0.15) is 25.7 Å². The Morgan fingerprint density at radius 2 is 1.57 bits per heavy atom. The zero-order valence-corrected chi connectivity index (χ0v) is 9.14. The van der Waals surface area contributed by atoms with Crippen LogP contribution >= 0.6 is 23.2 Å². The minimum Gasteiger partial charge on any atom is -0.247 e. The molecule has 4 nitrogen and oxygen atoms in total. The largest absolute Gasteiger partial charge is 0.370 e. The van der Waals surface area contributed by atoms with Crippen molar-refractivity contribution in [2.24, 2.45) is 0 Å². The van der Waals surface area contributed by atoms with Crippen LogP contribution in [-0.2, 0) is 19.4 Å². The molecular weight excluding hydrogens is 231 g/mol. The monoisotopic (exact) mass is 242 g/mol. The molecule has 0 spiro atoms. The minimum absolute atomic E-state index is 0.215. The Morgan fingerprint density at radius 3 is 2.14 bits per heavy atom. The first-order chi connectivity index (χ1) is 6.70. The van der Waals surface area contributed by atoms with E-state index in [1.54, 1.807) is 0 Å². The van der Waals surface area contributed by atoms with E-state index in [1.165, 1.54) is 0 Å². The normalized spacial score (nSPS) is 9.57. The van der Waals surface area contributed by atoms with E-state index in [0.717, 1.165) is 12.8 Å². The molecule has 0 aliphatic carbocycles. The first-order valence-corrected chi connectivity index (χ1v) is 5.29. The molecule has 0 N–H and O–H groups in total. The van der Waals surface area contributed by atoms with Gasteiger partial charge in [-0.1, -0.05) is 6.42 Å². The fraction of sp³-hybridized carbons (Fsp3) is 0.750. The number of hydrogen-bond acceptors (Lipinski definition) is 4. The van der Waals surface area contributed by atoms with Crippen LogP contribution in [0.4, 0.5) is 0 Å². The third-order valence-electron chi connectivity index (χ3n) is 1.35.